The highest BCUT2D eigenvalue weighted by molar-refractivity contribution is 7.99. The SMILES string of the molecule is CNC(C)(CCSc1ccc(C)cc1)C(=O)OC. The van der Waals surface area contributed by atoms with Crippen LogP contribution in [0.15, 0.2) is 29.2 Å². The molecule has 1 aromatic rings. The van der Waals surface area contributed by atoms with E-state index in [0.717, 1.165) is 12.2 Å². The molecule has 18 heavy (non-hydrogen) atoms. The Kier molecular flexibility index (Phi) is 5.69. The van der Waals surface area contributed by atoms with Gasteiger partial charge >= 0.3 is 5.97 Å². The monoisotopic (exact) mass is 267 g/mol. The van der Waals surface area contributed by atoms with E-state index < -0.39 is 5.54 Å². The van der Waals surface area contributed by atoms with Gasteiger partial charge in [-0.25, -0.2) is 0 Å². The van der Waals surface area contributed by atoms with Crippen LogP contribution in [0.3, 0.4) is 0 Å². The molecule has 0 aliphatic rings. The summed E-state index contributed by atoms with van der Waals surface area (Å²) in [5.41, 5.74) is 0.654. The van der Waals surface area contributed by atoms with Gasteiger partial charge in [0.05, 0.1) is 7.11 Å². The summed E-state index contributed by atoms with van der Waals surface area (Å²) in [6.45, 7) is 3.94. The lowest BCUT2D eigenvalue weighted by Gasteiger charge is -2.25. The first-order valence-corrected chi connectivity index (χ1v) is 6.97. The van der Waals surface area contributed by atoms with E-state index >= 15 is 0 Å². The Balaban J connectivity index is 2.49. The summed E-state index contributed by atoms with van der Waals surface area (Å²) in [6.07, 6.45) is 0.731. The molecular weight excluding hydrogens is 246 g/mol. The van der Waals surface area contributed by atoms with Crippen LogP contribution in [0.4, 0.5) is 0 Å². The Labute approximate surface area is 113 Å². The van der Waals surface area contributed by atoms with Crippen molar-refractivity contribution in [2.24, 2.45) is 0 Å². The maximum Gasteiger partial charge on any atom is 0.325 e. The number of methoxy groups -OCH3 is 1. The van der Waals surface area contributed by atoms with Gasteiger partial charge < -0.3 is 10.1 Å². The third-order valence-corrected chi connectivity index (χ3v) is 4.09. The number of hydrogen-bond acceptors (Lipinski definition) is 4. The summed E-state index contributed by atoms with van der Waals surface area (Å²) >= 11 is 1.75. The summed E-state index contributed by atoms with van der Waals surface area (Å²) < 4.78 is 4.81. The molecule has 0 heterocycles. The third kappa shape index (κ3) is 4.03. The maximum atomic E-state index is 11.7. The van der Waals surface area contributed by atoms with Gasteiger partial charge in [-0.1, -0.05) is 17.7 Å². The van der Waals surface area contributed by atoms with Gasteiger partial charge in [0.25, 0.3) is 0 Å². The van der Waals surface area contributed by atoms with E-state index in [1.54, 1.807) is 18.8 Å². The van der Waals surface area contributed by atoms with Crippen molar-refractivity contribution in [3.05, 3.63) is 29.8 Å². The molecule has 0 saturated carbocycles. The van der Waals surface area contributed by atoms with Gasteiger partial charge in [0.1, 0.15) is 5.54 Å². The molecule has 1 N–H and O–H groups in total. The zero-order valence-corrected chi connectivity index (χ0v) is 12.3. The highest BCUT2D eigenvalue weighted by atomic mass is 32.2. The summed E-state index contributed by atoms with van der Waals surface area (Å²) in [6, 6.07) is 8.41. The van der Waals surface area contributed by atoms with Crippen molar-refractivity contribution >= 4 is 17.7 Å². The van der Waals surface area contributed by atoms with Crippen LogP contribution in [0, 0.1) is 6.92 Å². The summed E-state index contributed by atoms with van der Waals surface area (Å²) in [5, 5.41) is 3.04. The van der Waals surface area contributed by atoms with Crippen LogP contribution < -0.4 is 5.32 Å². The Morgan fingerprint density at radius 1 is 1.39 bits per heavy atom. The van der Waals surface area contributed by atoms with Crippen LogP contribution in [0.2, 0.25) is 0 Å². The first-order valence-electron chi connectivity index (χ1n) is 5.98. The Bertz CT molecular complexity index is 391. The normalized spacial score (nSPS) is 14.0. The number of aryl methyl sites for hydroxylation is 1. The second kappa shape index (κ2) is 6.81. The van der Waals surface area contributed by atoms with Crippen molar-refractivity contribution in [1.29, 1.82) is 0 Å². The van der Waals surface area contributed by atoms with E-state index in [1.165, 1.54) is 17.6 Å². The number of benzene rings is 1. The summed E-state index contributed by atoms with van der Waals surface area (Å²) in [4.78, 5) is 12.9. The third-order valence-electron chi connectivity index (χ3n) is 3.08. The van der Waals surface area contributed by atoms with Crippen molar-refractivity contribution in [2.75, 3.05) is 19.9 Å². The van der Waals surface area contributed by atoms with Crippen LogP contribution in [0.25, 0.3) is 0 Å². The highest BCUT2D eigenvalue weighted by Crippen LogP contribution is 2.22. The molecule has 1 rings (SSSR count). The molecule has 1 atom stereocenters. The van der Waals surface area contributed by atoms with Crippen molar-refractivity contribution < 1.29 is 9.53 Å². The number of carbonyl (C=O) groups excluding carboxylic acids is 1. The number of hydrogen-bond donors (Lipinski definition) is 1. The number of nitrogens with one attached hydrogen (secondary N) is 1. The molecule has 0 radical (unpaired) electrons. The number of thioether (sulfide) groups is 1. The Morgan fingerprint density at radius 3 is 2.50 bits per heavy atom. The fourth-order valence-electron chi connectivity index (χ4n) is 1.56. The molecule has 0 amide bonds. The van der Waals surface area contributed by atoms with Crippen molar-refractivity contribution in [1.82, 2.24) is 5.32 Å². The first kappa shape index (κ1) is 15.1. The van der Waals surface area contributed by atoms with Crippen molar-refractivity contribution in [3.8, 4) is 0 Å². The number of ether oxygens (including phenoxy) is 1. The molecular formula is C14H21NO2S. The number of likely N-dealkylation sites (N-methyl/N-ethyl adjacent to an activating group) is 1. The molecule has 0 fully saturated rings. The van der Waals surface area contributed by atoms with E-state index in [9.17, 15) is 4.79 Å². The fraction of sp³-hybridized carbons (Fsp3) is 0.500. The number of carbonyl (C=O) groups is 1. The molecule has 0 aromatic heterocycles. The van der Waals surface area contributed by atoms with Gasteiger partial charge in [0.2, 0.25) is 0 Å². The predicted octanol–water partition coefficient (Wildman–Crippen LogP) is 2.63. The average Bonchev–Trinajstić information content (AvgIpc) is 2.39. The minimum absolute atomic E-state index is 0.213. The Hall–Kier alpha value is -1.00. The quantitative estimate of drug-likeness (QED) is 0.635. The average molecular weight is 267 g/mol. The lowest BCUT2D eigenvalue weighted by Crippen LogP contribution is -2.48. The Morgan fingerprint density at radius 2 is 2.00 bits per heavy atom. The second-order valence-electron chi connectivity index (χ2n) is 4.49. The van der Waals surface area contributed by atoms with Crippen LogP contribution in [0.1, 0.15) is 18.9 Å². The number of rotatable bonds is 6. The molecule has 0 bridgehead atoms. The summed E-state index contributed by atoms with van der Waals surface area (Å²) in [7, 11) is 3.21. The standard InChI is InChI=1S/C14H21NO2S/c1-11-5-7-12(8-6-11)18-10-9-14(2,15-3)13(16)17-4/h5-8,15H,9-10H2,1-4H3. The van der Waals surface area contributed by atoms with Crippen LogP contribution >= 0.6 is 11.8 Å². The molecule has 1 unspecified atom stereocenters. The maximum absolute atomic E-state index is 11.7. The molecule has 0 aliphatic heterocycles. The zero-order valence-electron chi connectivity index (χ0n) is 11.4. The predicted molar refractivity (Wildman–Crippen MR) is 76.0 cm³/mol. The second-order valence-corrected chi connectivity index (χ2v) is 5.65. The first-order chi connectivity index (χ1) is 8.51. The van der Waals surface area contributed by atoms with Gasteiger partial charge in [-0.05, 0) is 39.4 Å². The van der Waals surface area contributed by atoms with Crippen molar-refractivity contribution in [3.63, 3.8) is 0 Å². The van der Waals surface area contributed by atoms with Crippen LogP contribution in [-0.2, 0) is 9.53 Å². The van der Waals surface area contributed by atoms with Crippen LogP contribution in [-0.4, -0.2) is 31.4 Å². The van der Waals surface area contributed by atoms with Gasteiger partial charge in [0, 0.05) is 10.6 Å². The molecule has 0 spiro atoms. The fourth-order valence-corrected chi connectivity index (χ4v) is 2.64. The van der Waals surface area contributed by atoms with E-state index in [1.807, 2.05) is 6.92 Å². The largest absolute Gasteiger partial charge is 0.468 e. The lowest BCUT2D eigenvalue weighted by molar-refractivity contribution is -0.147. The molecule has 0 saturated heterocycles. The van der Waals surface area contributed by atoms with E-state index in [-0.39, 0.29) is 5.97 Å². The van der Waals surface area contributed by atoms with E-state index in [0.29, 0.717) is 0 Å². The summed E-state index contributed by atoms with van der Waals surface area (Å²) in [5.74, 6) is 0.657. The lowest BCUT2D eigenvalue weighted by atomic mass is 10.00. The van der Waals surface area contributed by atoms with E-state index in [2.05, 4.69) is 36.5 Å². The topological polar surface area (TPSA) is 38.3 Å². The van der Waals surface area contributed by atoms with Crippen molar-refractivity contribution in [2.45, 2.75) is 30.7 Å². The van der Waals surface area contributed by atoms with Gasteiger partial charge in [0.15, 0.2) is 0 Å². The van der Waals surface area contributed by atoms with Crippen LogP contribution in [0.5, 0.6) is 0 Å². The minimum Gasteiger partial charge on any atom is -0.468 e. The molecule has 0 aliphatic carbocycles. The number of esters is 1. The molecule has 3 nitrogen and oxygen atoms in total. The smallest absolute Gasteiger partial charge is 0.325 e. The van der Waals surface area contributed by atoms with Gasteiger partial charge in [-0.2, -0.15) is 0 Å². The highest BCUT2D eigenvalue weighted by Gasteiger charge is 2.31. The van der Waals surface area contributed by atoms with Gasteiger partial charge in [-0.15, -0.1) is 11.8 Å². The zero-order chi connectivity index (χ0) is 13.6. The van der Waals surface area contributed by atoms with Gasteiger partial charge in [-0.3, -0.25) is 4.79 Å². The molecule has 100 valence electrons. The van der Waals surface area contributed by atoms with E-state index in [4.69, 9.17) is 4.74 Å². The molecule has 4 heteroatoms. The molecule has 1 aromatic carbocycles. The minimum atomic E-state index is -0.605.